The summed E-state index contributed by atoms with van der Waals surface area (Å²) < 4.78 is 15.8. The quantitative estimate of drug-likeness (QED) is 0.0594. The van der Waals surface area contributed by atoms with Crippen molar-refractivity contribution >= 4 is 49.2 Å². The molecular formula is C26H46N7O12P. The number of carboxylic acid groups (broad SMARTS) is 1. The molecule has 0 bridgehead atoms. The molecule has 1 fully saturated rings. The van der Waals surface area contributed by atoms with Crippen molar-refractivity contribution in [2.45, 2.75) is 108 Å². The second-order valence-electron chi connectivity index (χ2n) is 10.9. The van der Waals surface area contributed by atoms with Crippen molar-refractivity contribution in [1.82, 2.24) is 26.2 Å². The van der Waals surface area contributed by atoms with Crippen LogP contribution in [0.1, 0.15) is 72.1 Å². The molecule has 11 N–H and O–H groups in total. The Labute approximate surface area is 266 Å². The summed E-state index contributed by atoms with van der Waals surface area (Å²) in [6.45, 7) is 3.86. The first-order chi connectivity index (χ1) is 21.4. The van der Waals surface area contributed by atoms with E-state index in [2.05, 4.69) is 25.8 Å². The molecular weight excluding hydrogens is 633 g/mol. The lowest BCUT2D eigenvalue weighted by Crippen LogP contribution is -2.59. The molecule has 0 aromatic rings. The lowest BCUT2D eigenvalue weighted by atomic mass is 10.1. The largest absolute Gasteiger partial charge is 0.480 e. The van der Waals surface area contributed by atoms with Crippen LogP contribution in [0, 0.1) is 0 Å². The summed E-state index contributed by atoms with van der Waals surface area (Å²) in [7, 11) is -5.14. The molecule has 0 spiro atoms. The third-order valence-electron chi connectivity index (χ3n) is 7.05. The van der Waals surface area contributed by atoms with Gasteiger partial charge in [0, 0.05) is 13.0 Å². The number of carboxylic acids is 1. The van der Waals surface area contributed by atoms with E-state index in [1.165, 1.54) is 6.92 Å². The molecule has 0 aliphatic carbocycles. The minimum atomic E-state index is -5.14. The highest BCUT2D eigenvalue weighted by atomic mass is 31.2. The van der Waals surface area contributed by atoms with Gasteiger partial charge in [-0.05, 0) is 39.0 Å². The first kappa shape index (κ1) is 40.4. The number of carbonyl (C=O) groups is 7. The van der Waals surface area contributed by atoms with Gasteiger partial charge < -0.3 is 52.5 Å². The van der Waals surface area contributed by atoms with Crippen LogP contribution in [0.4, 0.5) is 0 Å². The normalized spacial score (nSPS) is 18.0. The molecule has 1 saturated heterocycles. The summed E-state index contributed by atoms with van der Waals surface area (Å²) in [5, 5.41) is 18.8. The Morgan fingerprint density at radius 3 is 1.91 bits per heavy atom. The van der Waals surface area contributed by atoms with Gasteiger partial charge >= 0.3 is 13.8 Å². The van der Waals surface area contributed by atoms with E-state index in [0.717, 1.165) is 4.90 Å². The zero-order valence-corrected chi connectivity index (χ0v) is 27.0. The van der Waals surface area contributed by atoms with Crippen LogP contribution in [0.15, 0.2) is 0 Å². The number of primary amides is 1. The van der Waals surface area contributed by atoms with Crippen molar-refractivity contribution in [1.29, 1.82) is 0 Å². The maximum absolute atomic E-state index is 13.3. The van der Waals surface area contributed by atoms with E-state index in [-0.39, 0.29) is 32.2 Å². The van der Waals surface area contributed by atoms with Gasteiger partial charge in [0.05, 0.1) is 12.6 Å². The predicted octanol–water partition coefficient (Wildman–Crippen LogP) is -2.68. The number of phosphoric ester groups is 1. The number of nitrogens with two attached hydrogens (primary N) is 2. The summed E-state index contributed by atoms with van der Waals surface area (Å²) in [6.07, 6.45) is 1.41. The van der Waals surface area contributed by atoms with Gasteiger partial charge in [0.15, 0.2) is 0 Å². The number of nitrogens with zero attached hydrogens (tertiary/aromatic N) is 1. The van der Waals surface area contributed by atoms with E-state index in [9.17, 15) is 53.0 Å². The fourth-order valence-electron chi connectivity index (χ4n) is 4.64. The number of aliphatic carboxylic acids is 1. The molecule has 1 aliphatic rings. The minimum absolute atomic E-state index is 0.0114. The van der Waals surface area contributed by atoms with E-state index < -0.39 is 92.1 Å². The average molecular weight is 680 g/mol. The molecule has 46 heavy (non-hydrogen) atoms. The zero-order chi connectivity index (χ0) is 35.2. The van der Waals surface area contributed by atoms with Crippen LogP contribution in [0.25, 0.3) is 0 Å². The van der Waals surface area contributed by atoms with Crippen LogP contribution in [0.3, 0.4) is 0 Å². The maximum atomic E-state index is 13.3. The van der Waals surface area contributed by atoms with Gasteiger partial charge in [0.1, 0.15) is 30.2 Å². The van der Waals surface area contributed by atoms with Crippen molar-refractivity contribution in [3.05, 3.63) is 0 Å². The molecule has 0 unspecified atom stereocenters. The highest BCUT2D eigenvalue weighted by molar-refractivity contribution is 7.46. The molecule has 19 nitrogen and oxygen atoms in total. The zero-order valence-electron chi connectivity index (χ0n) is 26.1. The Kier molecular flexibility index (Phi) is 16.8. The van der Waals surface area contributed by atoms with E-state index in [0.29, 0.717) is 25.7 Å². The molecule has 0 saturated carbocycles. The number of phosphoric acid groups is 1. The lowest BCUT2D eigenvalue weighted by molar-refractivity contribution is -0.149. The van der Waals surface area contributed by atoms with Crippen LogP contribution in [-0.2, 0) is 42.7 Å². The number of amides is 6. The molecule has 0 radical (unpaired) electrons. The Hall–Kier alpha value is -3.64. The third kappa shape index (κ3) is 13.8. The standard InChI is InChI=1S/C26H46N7O12P/c1-4-7-15(27)21(35)30-17(10-11-20(28)34)23(37)31-16(8-5-2)22(36)32-18(13-45-46(42,43)44)24(38)29-14(3)25(39)33-12-6-9-19(33)26(40)41/h14-19H,4-13,27H2,1-3H3,(H2,28,34)(H,29,38)(H,30,35)(H,31,37)(H,32,36)(H,40,41)(H2,42,43,44)/t14-,15-,16-,17-,18-,19-/m0/s1. The van der Waals surface area contributed by atoms with E-state index in [1.54, 1.807) is 13.8 Å². The van der Waals surface area contributed by atoms with Crippen molar-refractivity contribution in [2.75, 3.05) is 13.2 Å². The van der Waals surface area contributed by atoms with Crippen LogP contribution in [0.2, 0.25) is 0 Å². The summed E-state index contributed by atoms with van der Waals surface area (Å²) in [6, 6.07) is -7.73. The van der Waals surface area contributed by atoms with Crippen LogP contribution in [0.5, 0.6) is 0 Å². The van der Waals surface area contributed by atoms with Gasteiger partial charge in [-0.2, -0.15) is 0 Å². The maximum Gasteiger partial charge on any atom is 0.469 e. The fraction of sp³-hybridized carbons (Fsp3) is 0.731. The Balaban J connectivity index is 3.12. The lowest BCUT2D eigenvalue weighted by Gasteiger charge is -2.28. The fourth-order valence-corrected chi connectivity index (χ4v) is 4.99. The van der Waals surface area contributed by atoms with Gasteiger partial charge in [0.2, 0.25) is 35.4 Å². The first-order valence-corrected chi connectivity index (χ1v) is 16.4. The second-order valence-corrected chi connectivity index (χ2v) is 12.2. The number of likely N-dealkylation sites (tertiary alicyclic amines) is 1. The van der Waals surface area contributed by atoms with Gasteiger partial charge in [-0.25, -0.2) is 9.36 Å². The first-order valence-electron chi connectivity index (χ1n) is 14.9. The van der Waals surface area contributed by atoms with Crippen LogP contribution >= 0.6 is 7.82 Å². The van der Waals surface area contributed by atoms with E-state index >= 15 is 0 Å². The highest BCUT2D eigenvalue weighted by Gasteiger charge is 2.37. The number of carbonyl (C=O) groups excluding carboxylic acids is 6. The highest BCUT2D eigenvalue weighted by Crippen LogP contribution is 2.35. The van der Waals surface area contributed by atoms with Crippen molar-refractivity contribution in [3.8, 4) is 0 Å². The van der Waals surface area contributed by atoms with Crippen LogP contribution in [-0.4, -0.2) is 111 Å². The Bertz CT molecular complexity index is 1170. The molecule has 6 amide bonds. The monoisotopic (exact) mass is 679 g/mol. The SMILES string of the molecule is CCC[C@H](NC(=O)[C@H](CCC(N)=O)NC(=O)[C@@H](N)CCC)C(=O)N[C@@H](COP(=O)(O)O)C(=O)N[C@@H](C)C(=O)N1CCC[C@H]1C(=O)O. The van der Waals surface area contributed by atoms with Gasteiger partial charge in [0.25, 0.3) is 0 Å². The Morgan fingerprint density at radius 2 is 1.39 bits per heavy atom. The van der Waals surface area contributed by atoms with Crippen molar-refractivity contribution in [2.24, 2.45) is 11.5 Å². The summed E-state index contributed by atoms with van der Waals surface area (Å²) in [5.41, 5.74) is 11.0. The van der Waals surface area contributed by atoms with Gasteiger partial charge in [-0.3, -0.25) is 33.3 Å². The topological polar surface area (TPSA) is 310 Å². The molecule has 1 heterocycles. The van der Waals surface area contributed by atoms with E-state index in [4.69, 9.17) is 11.5 Å². The molecule has 262 valence electrons. The molecule has 1 aliphatic heterocycles. The minimum Gasteiger partial charge on any atom is -0.480 e. The summed E-state index contributed by atoms with van der Waals surface area (Å²) in [4.78, 5) is 107. The summed E-state index contributed by atoms with van der Waals surface area (Å²) >= 11 is 0. The van der Waals surface area contributed by atoms with Gasteiger partial charge in [-0.1, -0.05) is 26.7 Å². The molecule has 20 heteroatoms. The number of nitrogens with one attached hydrogen (secondary N) is 4. The molecule has 0 aromatic heterocycles. The smallest absolute Gasteiger partial charge is 0.469 e. The second kappa shape index (κ2) is 19.1. The van der Waals surface area contributed by atoms with Crippen molar-refractivity contribution in [3.63, 3.8) is 0 Å². The number of hydrogen-bond acceptors (Lipinski definition) is 10. The predicted molar refractivity (Wildman–Crippen MR) is 160 cm³/mol. The van der Waals surface area contributed by atoms with E-state index in [1.807, 2.05) is 0 Å². The third-order valence-corrected chi connectivity index (χ3v) is 7.54. The molecule has 1 rings (SSSR count). The number of hydrogen-bond donors (Lipinski definition) is 9. The van der Waals surface area contributed by atoms with Gasteiger partial charge in [-0.15, -0.1) is 0 Å². The average Bonchev–Trinajstić information content (AvgIpc) is 3.46. The van der Waals surface area contributed by atoms with Crippen molar-refractivity contribution < 1.29 is 57.5 Å². The molecule has 6 atom stereocenters. The summed E-state index contributed by atoms with van der Waals surface area (Å²) in [5.74, 6) is -6.28. The Morgan fingerprint density at radius 1 is 0.870 bits per heavy atom. The van der Waals surface area contributed by atoms with Crippen LogP contribution < -0.4 is 32.7 Å². The number of rotatable bonds is 20. The molecule has 0 aromatic carbocycles.